The van der Waals surface area contributed by atoms with Gasteiger partial charge in [-0.25, -0.2) is 0 Å². The number of methoxy groups -OCH3 is 1. The summed E-state index contributed by atoms with van der Waals surface area (Å²) in [7, 11) is 1.57. The van der Waals surface area contributed by atoms with E-state index in [1.54, 1.807) is 7.11 Å². The zero-order valence-electron chi connectivity index (χ0n) is 8.09. The molecule has 3 nitrogen and oxygen atoms in total. The van der Waals surface area contributed by atoms with Gasteiger partial charge in [-0.05, 0) is 33.6 Å². The van der Waals surface area contributed by atoms with Gasteiger partial charge in [0, 0.05) is 5.33 Å². The van der Waals surface area contributed by atoms with Crippen molar-refractivity contribution in [3.8, 4) is 17.6 Å². The third kappa shape index (κ3) is 3.11. The highest BCUT2D eigenvalue weighted by atomic mass is 79.9. The summed E-state index contributed by atoms with van der Waals surface area (Å²) < 4.78 is 11.2. The SMILES string of the molecule is COc1cc(CBr)cc(Br)c1OCC#N. The minimum Gasteiger partial charge on any atom is -0.493 e. The molecule has 0 spiro atoms. The average molecular weight is 335 g/mol. The van der Waals surface area contributed by atoms with Crippen LogP contribution in [-0.4, -0.2) is 13.7 Å². The lowest BCUT2D eigenvalue weighted by Gasteiger charge is -2.11. The van der Waals surface area contributed by atoms with Crippen molar-refractivity contribution in [3.63, 3.8) is 0 Å². The van der Waals surface area contributed by atoms with Crippen LogP contribution < -0.4 is 9.47 Å². The van der Waals surface area contributed by atoms with Gasteiger partial charge < -0.3 is 9.47 Å². The number of ether oxygens (including phenoxy) is 2. The molecule has 0 aromatic heterocycles. The molecular formula is C10H9Br2NO2. The zero-order chi connectivity index (χ0) is 11.3. The van der Waals surface area contributed by atoms with Gasteiger partial charge in [0.15, 0.2) is 18.1 Å². The highest BCUT2D eigenvalue weighted by Crippen LogP contribution is 2.37. The maximum absolute atomic E-state index is 8.44. The minimum atomic E-state index is 0.00260. The summed E-state index contributed by atoms with van der Waals surface area (Å²) in [5, 5.41) is 9.18. The van der Waals surface area contributed by atoms with E-state index in [4.69, 9.17) is 14.7 Å². The Kier molecular flexibility index (Phi) is 4.92. The molecule has 1 aromatic rings. The molecular weight excluding hydrogens is 326 g/mol. The maximum atomic E-state index is 8.44. The summed E-state index contributed by atoms with van der Waals surface area (Å²) >= 11 is 6.74. The fraction of sp³-hybridized carbons (Fsp3) is 0.300. The van der Waals surface area contributed by atoms with Crippen LogP contribution in [0.4, 0.5) is 0 Å². The van der Waals surface area contributed by atoms with E-state index < -0.39 is 0 Å². The van der Waals surface area contributed by atoms with Crippen molar-refractivity contribution in [3.05, 3.63) is 22.2 Å². The number of hydrogen-bond acceptors (Lipinski definition) is 3. The molecule has 5 heteroatoms. The van der Waals surface area contributed by atoms with Gasteiger partial charge in [0.05, 0.1) is 11.6 Å². The number of rotatable bonds is 4. The Balaban J connectivity index is 3.08. The molecule has 0 N–H and O–H groups in total. The molecule has 0 amide bonds. The van der Waals surface area contributed by atoms with Gasteiger partial charge in [-0.2, -0.15) is 5.26 Å². The first-order valence-corrected chi connectivity index (χ1v) is 6.06. The summed E-state index contributed by atoms with van der Waals surface area (Å²) in [4.78, 5) is 0. The molecule has 0 saturated heterocycles. The van der Waals surface area contributed by atoms with Crippen LogP contribution in [-0.2, 0) is 5.33 Å². The van der Waals surface area contributed by atoms with Crippen LogP contribution >= 0.6 is 31.9 Å². The van der Waals surface area contributed by atoms with Gasteiger partial charge in [0.1, 0.15) is 6.07 Å². The van der Waals surface area contributed by atoms with E-state index in [1.165, 1.54) is 0 Å². The third-order valence-electron chi connectivity index (χ3n) is 1.72. The topological polar surface area (TPSA) is 42.2 Å². The van der Waals surface area contributed by atoms with Gasteiger partial charge in [-0.1, -0.05) is 15.9 Å². The summed E-state index contributed by atoms with van der Waals surface area (Å²) in [6.07, 6.45) is 0. The molecule has 15 heavy (non-hydrogen) atoms. The minimum absolute atomic E-state index is 0.00260. The molecule has 0 saturated carbocycles. The van der Waals surface area contributed by atoms with Crippen LogP contribution in [0.15, 0.2) is 16.6 Å². The average Bonchev–Trinajstić information content (AvgIpc) is 2.26. The van der Waals surface area contributed by atoms with Gasteiger partial charge in [-0.3, -0.25) is 0 Å². The number of hydrogen-bond donors (Lipinski definition) is 0. The van der Waals surface area contributed by atoms with E-state index >= 15 is 0 Å². The first-order valence-electron chi connectivity index (χ1n) is 4.15. The monoisotopic (exact) mass is 333 g/mol. The van der Waals surface area contributed by atoms with Crippen LogP contribution in [0.25, 0.3) is 0 Å². The standard InChI is InChI=1S/C10H9Br2NO2/c1-14-9-5-7(6-11)4-8(12)10(9)15-3-2-13/h4-5H,3,6H2,1H3. The molecule has 1 aromatic carbocycles. The van der Waals surface area contributed by atoms with Crippen LogP contribution in [0.5, 0.6) is 11.5 Å². The van der Waals surface area contributed by atoms with Crippen molar-refractivity contribution in [2.24, 2.45) is 0 Å². The molecule has 0 atom stereocenters. The number of benzene rings is 1. The Hall–Kier alpha value is -0.730. The van der Waals surface area contributed by atoms with Crippen LogP contribution in [0.2, 0.25) is 0 Å². The Morgan fingerprint density at radius 3 is 2.73 bits per heavy atom. The second-order valence-corrected chi connectivity index (χ2v) is 4.10. The van der Waals surface area contributed by atoms with Crippen molar-refractivity contribution in [1.29, 1.82) is 5.26 Å². The van der Waals surface area contributed by atoms with E-state index in [2.05, 4.69) is 31.9 Å². The first kappa shape index (κ1) is 12.3. The number of halogens is 2. The molecule has 0 bridgehead atoms. The summed E-state index contributed by atoms with van der Waals surface area (Å²) in [5.74, 6) is 1.18. The maximum Gasteiger partial charge on any atom is 0.176 e. The summed E-state index contributed by atoms with van der Waals surface area (Å²) in [6.45, 7) is 0.00260. The van der Waals surface area contributed by atoms with Crippen LogP contribution in [0.1, 0.15) is 5.56 Å². The second-order valence-electron chi connectivity index (χ2n) is 2.69. The fourth-order valence-electron chi connectivity index (χ4n) is 1.09. The Bertz CT molecular complexity index is 388. The summed E-state index contributed by atoms with van der Waals surface area (Å²) in [6, 6.07) is 5.70. The van der Waals surface area contributed by atoms with Crippen molar-refractivity contribution in [2.45, 2.75) is 5.33 Å². The Morgan fingerprint density at radius 1 is 1.47 bits per heavy atom. The smallest absolute Gasteiger partial charge is 0.176 e. The molecule has 0 fully saturated rings. The molecule has 0 aliphatic heterocycles. The van der Waals surface area contributed by atoms with Crippen molar-refractivity contribution in [2.75, 3.05) is 13.7 Å². The predicted molar refractivity (Wildman–Crippen MR) is 64.4 cm³/mol. The molecule has 0 heterocycles. The lowest BCUT2D eigenvalue weighted by Crippen LogP contribution is -1.98. The van der Waals surface area contributed by atoms with Gasteiger partial charge in [0.25, 0.3) is 0 Å². The van der Waals surface area contributed by atoms with E-state index in [1.807, 2.05) is 18.2 Å². The molecule has 80 valence electrons. The molecule has 0 aliphatic carbocycles. The van der Waals surface area contributed by atoms with E-state index in [0.717, 1.165) is 15.4 Å². The van der Waals surface area contributed by atoms with E-state index in [-0.39, 0.29) is 6.61 Å². The van der Waals surface area contributed by atoms with Crippen LogP contribution in [0.3, 0.4) is 0 Å². The molecule has 0 radical (unpaired) electrons. The van der Waals surface area contributed by atoms with Gasteiger partial charge in [0.2, 0.25) is 0 Å². The Labute approximate surface area is 105 Å². The van der Waals surface area contributed by atoms with Gasteiger partial charge in [-0.15, -0.1) is 0 Å². The normalized spacial score (nSPS) is 9.47. The number of nitrogens with zero attached hydrogens (tertiary/aromatic N) is 1. The van der Waals surface area contributed by atoms with Gasteiger partial charge >= 0.3 is 0 Å². The lowest BCUT2D eigenvalue weighted by atomic mass is 10.2. The highest BCUT2D eigenvalue weighted by molar-refractivity contribution is 9.10. The zero-order valence-corrected chi connectivity index (χ0v) is 11.3. The van der Waals surface area contributed by atoms with Crippen molar-refractivity contribution in [1.82, 2.24) is 0 Å². The largest absolute Gasteiger partial charge is 0.493 e. The first-order chi connectivity index (χ1) is 7.22. The van der Waals surface area contributed by atoms with E-state index in [9.17, 15) is 0 Å². The third-order valence-corrected chi connectivity index (χ3v) is 2.96. The lowest BCUT2D eigenvalue weighted by molar-refractivity contribution is 0.327. The van der Waals surface area contributed by atoms with E-state index in [0.29, 0.717) is 11.5 Å². The predicted octanol–water partition coefficient (Wildman–Crippen LogP) is 3.25. The molecule has 1 rings (SSSR count). The molecule has 0 unspecified atom stereocenters. The van der Waals surface area contributed by atoms with Crippen molar-refractivity contribution < 1.29 is 9.47 Å². The van der Waals surface area contributed by atoms with Crippen molar-refractivity contribution >= 4 is 31.9 Å². The second kappa shape index (κ2) is 5.99. The molecule has 0 aliphatic rings. The Morgan fingerprint density at radius 2 is 2.20 bits per heavy atom. The summed E-state index contributed by atoms with van der Waals surface area (Å²) in [5.41, 5.74) is 1.07. The van der Waals surface area contributed by atoms with Crippen LogP contribution in [0, 0.1) is 11.3 Å². The number of alkyl halides is 1. The highest BCUT2D eigenvalue weighted by Gasteiger charge is 2.10. The number of nitriles is 1. The quantitative estimate of drug-likeness (QED) is 0.794. The fourth-order valence-corrected chi connectivity index (χ4v) is 2.02.